The number of anilines is 1. The van der Waals surface area contributed by atoms with Crippen LogP contribution in [-0.2, 0) is 0 Å². The van der Waals surface area contributed by atoms with Crippen LogP contribution in [0.3, 0.4) is 0 Å². The van der Waals surface area contributed by atoms with E-state index in [4.69, 9.17) is 11.6 Å². The molecule has 2 heterocycles. The molecule has 0 bridgehead atoms. The van der Waals surface area contributed by atoms with Crippen molar-refractivity contribution in [3.63, 3.8) is 0 Å². The maximum absolute atomic E-state index is 6.25. The molecule has 3 nitrogen and oxygen atoms in total. The lowest BCUT2D eigenvalue weighted by Gasteiger charge is -2.26. The molecular formula is C15H17BrClN3. The third-order valence-corrected chi connectivity index (χ3v) is 4.67. The molecule has 2 unspecified atom stereocenters. The molecule has 3 rings (SSSR count). The molecule has 1 fully saturated rings. The number of nitrogens with zero attached hydrogens (tertiary/aromatic N) is 2. The second kappa shape index (κ2) is 6.27. The SMILES string of the molecule is ClC1CCCC(CNc2ccnc3cc(Br)cnc23)C1. The highest BCUT2D eigenvalue weighted by molar-refractivity contribution is 9.10. The molecule has 0 aliphatic heterocycles. The van der Waals surface area contributed by atoms with E-state index >= 15 is 0 Å². The highest BCUT2D eigenvalue weighted by atomic mass is 79.9. The Morgan fingerprint density at radius 1 is 1.35 bits per heavy atom. The molecule has 0 amide bonds. The van der Waals surface area contributed by atoms with Crippen LogP contribution in [0.2, 0.25) is 0 Å². The first-order valence-electron chi connectivity index (χ1n) is 7.00. The van der Waals surface area contributed by atoms with Gasteiger partial charge in [0.25, 0.3) is 0 Å². The maximum Gasteiger partial charge on any atom is 0.112 e. The Morgan fingerprint density at radius 3 is 3.10 bits per heavy atom. The third-order valence-electron chi connectivity index (χ3n) is 3.84. The first-order chi connectivity index (χ1) is 9.72. The Morgan fingerprint density at radius 2 is 2.25 bits per heavy atom. The zero-order chi connectivity index (χ0) is 13.9. The van der Waals surface area contributed by atoms with Gasteiger partial charge in [0.15, 0.2) is 0 Å². The quantitative estimate of drug-likeness (QED) is 0.818. The molecule has 2 aromatic heterocycles. The molecule has 106 valence electrons. The first kappa shape index (κ1) is 14.1. The van der Waals surface area contributed by atoms with Crippen molar-refractivity contribution in [3.05, 3.63) is 29.0 Å². The summed E-state index contributed by atoms with van der Waals surface area (Å²) in [6, 6.07) is 3.98. The summed E-state index contributed by atoms with van der Waals surface area (Å²) < 4.78 is 0.951. The molecule has 2 aromatic rings. The largest absolute Gasteiger partial charge is 0.383 e. The Balaban J connectivity index is 1.74. The van der Waals surface area contributed by atoms with Crippen molar-refractivity contribution in [3.8, 4) is 0 Å². The number of fused-ring (bicyclic) bond motifs is 1. The number of hydrogen-bond acceptors (Lipinski definition) is 3. The topological polar surface area (TPSA) is 37.8 Å². The molecular weight excluding hydrogens is 338 g/mol. The van der Waals surface area contributed by atoms with E-state index < -0.39 is 0 Å². The molecule has 2 atom stereocenters. The average molecular weight is 355 g/mol. The van der Waals surface area contributed by atoms with Crippen molar-refractivity contribution in [2.75, 3.05) is 11.9 Å². The summed E-state index contributed by atoms with van der Waals surface area (Å²) in [5, 5.41) is 3.87. The summed E-state index contributed by atoms with van der Waals surface area (Å²) >= 11 is 9.68. The minimum Gasteiger partial charge on any atom is -0.383 e. The van der Waals surface area contributed by atoms with Gasteiger partial charge in [-0.05, 0) is 53.2 Å². The molecule has 1 aliphatic rings. The zero-order valence-electron chi connectivity index (χ0n) is 11.1. The number of hydrogen-bond donors (Lipinski definition) is 1. The van der Waals surface area contributed by atoms with Crippen molar-refractivity contribution in [1.29, 1.82) is 0 Å². The van der Waals surface area contributed by atoms with Crippen molar-refractivity contribution < 1.29 is 0 Å². The third kappa shape index (κ3) is 3.23. The average Bonchev–Trinajstić information content (AvgIpc) is 2.44. The summed E-state index contributed by atoms with van der Waals surface area (Å²) in [6.07, 6.45) is 8.40. The highest BCUT2D eigenvalue weighted by Gasteiger charge is 2.20. The van der Waals surface area contributed by atoms with Crippen LogP contribution in [0.1, 0.15) is 25.7 Å². The zero-order valence-corrected chi connectivity index (χ0v) is 13.5. The van der Waals surface area contributed by atoms with Crippen LogP contribution in [0.25, 0.3) is 11.0 Å². The molecule has 0 aromatic carbocycles. The van der Waals surface area contributed by atoms with E-state index in [1.165, 1.54) is 12.8 Å². The van der Waals surface area contributed by atoms with Gasteiger partial charge in [0, 0.05) is 28.8 Å². The van der Waals surface area contributed by atoms with Gasteiger partial charge < -0.3 is 5.32 Å². The van der Waals surface area contributed by atoms with Gasteiger partial charge in [0.1, 0.15) is 5.52 Å². The fraction of sp³-hybridized carbons (Fsp3) is 0.467. The van der Waals surface area contributed by atoms with Gasteiger partial charge in [-0.25, -0.2) is 0 Å². The number of rotatable bonds is 3. The summed E-state index contributed by atoms with van der Waals surface area (Å²) in [7, 11) is 0. The number of aromatic nitrogens is 2. The lowest BCUT2D eigenvalue weighted by Crippen LogP contribution is -2.22. The van der Waals surface area contributed by atoms with E-state index in [1.54, 1.807) is 0 Å². The Hall–Kier alpha value is -0.870. The molecule has 1 N–H and O–H groups in total. The summed E-state index contributed by atoms with van der Waals surface area (Å²) in [6.45, 7) is 0.958. The number of halogens is 2. The minimum absolute atomic E-state index is 0.346. The summed E-state index contributed by atoms with van der Waals surface area (Å²) in [5.74, 6) is 0.657. The molecule has 0 saturated heterocycles. The summed E-state index contributed by atoms with van der Waals surface area (Å²) in [5.41, 5.74) is 2.89. The van der Waals surface area contributed by atoms with Crippen LogP contribution < -0.4 is 5.32 Å². The fourth-order valence-electron chi connectivity index (χ4n) is 2.81. The number of alkyl halides is 1. The Labute approximate surface area is 132 Å². The van der Waals surface area contributed by atoms with Gasteiger partial charge in [-0.1, -0.05) is 6.42 Å². The van der Waals surface area contributed by atoms with Crippen LogP contribution in [0.4, 0.5) is 5.69 Å². The van der Waals surface area contributed by atoms with Crippen LogP contribution in [-0.4, -0.2) is 21.9 Å². The van der Waals surface area contributed by atoms with Crippen LogP contribution in [0.5, 0.6) is 0 Å². The minimum atomic E-state index is 0.346. The van der Waals surface area contributed by atoms with Gasteiger partial charge in [-0.15, -0.1) is 11.6 Å². The van der Waals surface area contributed by atoms with Crippen LogP contribution >= 0.6 is 27.5 Å². The van der Waals surface area contributed by atoms with Gasteiger partial charge >= 0.3 is 0 Å². The second-order valence-corrected chi connectivity index (χ2v) is 6.92. The van der Waals surface area contributed by atoms with E-state index in [0.717, 1.165) is 40.6 Å². The predicted octanol–water partition coefficient (Wildman–Crippen LogP) is 4.60. The normalized spacial score (nSPS) is 22.9. The van der Waals surface area contributed by atoms with E-state index in [9.17, 15) is 0 Å². The van der Waals surface area contributed by atoms with Crippen molar-refractivity contribution in [1.82, 2.24) is 9.97 Å². The molecule has 5 heteroatoms. The summed E-state index contributed by atoms with van der Waals surface area (Å²) in [4.78, 5) is 8.82. The second-order valence-electron chi connectivity index (χ2n) is 5.39. The van der Waals surface area contributed by atoms with Crippen LogP contribution in [0, 0.1) is 5.92 Å². The standard InChI is InChI=1S/C15H17BrClN3/c16-11-7-14-15(20-9-11)13(4-5-18-14)19-8-10-2-1-3-12(17)6-10/h4-5,7,9-10,12H,1-3,6,8H2,(H,18,19). The predicted molar refractivity (Wildman–Crippen MR) is 87.3 cm³/mol. The smallest absolute Gasteiger partial charge is 0.112 e. The van der Waals surface area contributed by atoms with E-state index in [1.807, 2.05) is 24.5 Å². The number of pyridine rings is 2. The first-order valence-corrected chi connectivity index (χ1v) is 8.23. The van der Waals surface area contributed by atoms with E-state index in [0.29, 0.717) is 11.3 Å². The molecule has 1 saturated carbocycles. The van der Waals surface area contributed by atoms with Gasteiger partial charge in [-0.3, -0.25) is 9.97 Å². The highest BCUT2D eigenvalue weighted by Crippen LogP contribution is 2.29. The lowest BCUT2D eigenvalue weighted by atomic mass is 9.89. The van der Waals surface area contributed by atoms with E-state index in [2.05, 4.69) is 31.2 Å². The Bertz CT molecular complexity index is 605. The maximum atomic E-state index is 6.25. The molecule has 1 aliphatic carbocycles. The molecule has 0 spiro atoms. The molecule has 20 heavy (non-hydrogen) atoms. The fourth-order valence-corrected chi connectivity index (χ4v) is 3.54. The monoisotopic (exact) mass is 353 g/mol. The van der Waals surface area contributed by atoms with Crippen molar-refractivity contribution in [2.45, 2.75) is 31.1 Å². The van der Waals surface area contributed by atoms with E-state index in [-0.39, 0.29) is 0 Å². The molecule has 0 radical (unpaired) electrons. The Kier molecular flexibility index (Phi) is 4.41. The van der Waals surface area contributed by atoms with Crippen molar-refractivity contribution >= 4 is 44.3 Å². The van der Waals surface area contributed by atoms with Gasteiger partial charge in [0.05, 0.1) is 11.2 Å². The number of nitrogens with one attached hydrogen (secondary N) is 1. The van der Waals surface area contributed by atoms with Gasteiger partial charge in [0.2, 0.25) is 0 Å². The van der Waals surface area contributed by atoms with Gasteiger partial charge in [-0.2, -0.15) is 0 Å². The lowest BCUT2D eigenvalue weighted by molar-refractivity contribution is 0.378. The van der Waals surface area contributed by atoms with Crippen LogP contribution in [0.15, 0.2) is 29.0 Å². The van der Waals surface area contributed by atoms with Crippen molar-refractivity contribution in [2.24, 2.45) is 5.92 Å².